The number of amides is 1. The van der Waals surface area contributed by atoms with Crippen LogP contribution in [0, 0.1) is 5.92 Å². The molecule has 1 aliphatic carbocycles. The van der Waals surface area contributed by atoms with Crippen LogP contribution >= 0.6 is 0 Å². The Balaban J connectivity index is 1.34. The van der Waals surface area contributed by atoms with Crippen molar-refractivity contribution < 1.29 is 22.7 Å². The molecule has 0 aromatic heterocycles. The zero-order chi connectivity index (χ0) is 22.8. The Labute approximate surface area is 189 Å². The third-order valence-corrected chi connectivity index (χ3v) is 8.55. The summed E-state index contributed by atoms with van der Waals surface area (Å²) in [5, 5.41) is 3.13. The van der Waals surface area contributed by atoms with E-state index >= 15 is 0 Å². The molecule has 1 aliphatic heterocycles. The Bertz CT molecular complexity index is 1060. The summed E-state index contributed by atoms with van der Waals surface area (Å²) in [4.78, 5) is 12.9. The van der Waals surface area contributed by atoms with E-state index in [-0.39, 0.29) is 22.1 Å². The SMILES string of the molecule is COc1ccc(S(=O)(=O)N2CCC(C(=O)NCC3(c4ccccc4)CC3)CC2)cc1OC. The van der Waals surface area contributed by atoms with Crippen LogP contribution in [0.1, 0.15) is 31.2 Å². The fourth-order valence-electron chi connectivity index (χ4n) is 4.40. The Kier molecular flexibility index (Phi) is 6.44. The number of methoxy groups -OCH3 is 2. The number of nitrogens with one attached hydrogen (secondary N) is 1. The van der Waals surface area contributed by atoms with Gasteiger partial charge >= 0.3 is 0 Å². The molecule has 0 unspecified atom stereocenters. The molecule has 1 heterocycles. The average molecular weight is 459 g/mol. The molecule has 1 N–H and O–H groups in total. The summed E-state index contributed by atoms with van der Waals surface area (Å²) >= 11 is 0. The lowest BCUT2D eigenvalue weighted by atomic mass is 9.94. The molecule has 0 atom stereocenters. The number of sulfonamides is 1. The Morgan fingerprint density at radius 1 is 1.03 bits per heavy atom. The first kappa shape index (κ1) is 22.6. The molecule has 2 aromatic carbocycles. The van der Waals surface area contributed by atoms with Gasteiger partial charge in [0.1, 0.15) is 0 Å². The van der Waals surface area contributed by atoms with E-state index in [1.54, 1.807) is 6.07 Å². The van der Waals surface area contributed by atoms with E-state index in [1.165, 1.54) is 36.2 Å². The van der Waals surface area contributed by atoms with Crippen molar-refractivity contribution in [3.8, 4) is 11.5 Å². The molecule has 2 aliphatic rings. The first-order valence-electron chi connectivity index (χ1n) is 10.9. The molecule has 8 heteroatoms. The zero-order valence-electron chi connectivity index (χ0n) is 18.5. The number of benzene rings is 2. The van der Waals surface area contributed by atoms with Crippen LogP contribution in [-0.2, 0) is 20.2 Å². The van der Waals surface area contributed by atoms with Crippen LogP contribution in [0.5, 0.6) is 11.5 Å². The van der Waals surface area contributed by atoms with Crippen molar-refractivity contribution >= 4 is 15.9 Å². The molecule has 172 valence electrons. The first-order chi connectivity index (χ1) is 15.4. The number of hydrogen-bond donors (Lipinski definition) is 1. The highest BCUT2D eigenvalue weighted by atomic mass is 32.2. The standard InChI is InChI=1S/C24H30N2O5S/c1-30-21-9-8-20(16-22(21)31-2)32(28,29)26-14-10-18(11-15-26)23(27)25-17-24(12-13-24)19-6-4-3-5-7-19/h3-9,16,18H,10-15,17H2,1-2H3,(H,25,27). The molecule has 7 nitrogen and oxygen atoms in total. The minimum atomic E-state index is -3.66. The summed E-state index contributed by atoms with van der Waals surface area (Å²) in [5.41, 5.74) is 1.34. The molecule has 32 heavy (non-hydrogen) atoms. The number of rotatable bonds is 8. The van der Waals surface area contributed by atoms with E-state index in [0.29, 0.717) is 44.0 Å². The third kappa shape index (κ3) is 4.47. The predicted molar refractivity (Wildman–Crippen MR) is 121 cm³/mol. The summed E-state index contributed by atoms with van der Waals surface area (Å²) in [5.74, 6) is 0.704. The summed E-state index contributed by atoms with van der Waals surface area (Å²) in [7, 11) is -0.683. The van der Waals surface area contributed by atoms with E-state index in [0.717, 1.165) is 12.8 Å². The lowest BCUT2D eigenvalue weighted by Gasteiger charge is -2.31. The highest BCUT2D eigenvalue weighted by molar-refractivity contribution is 7.89. The van der Waals surface area contributed by atoms with Gasteiger partial charge in [-0.25, -0.2) is 8.42 Å². The van der Waals surface area contributed by atoms with Crippen LogP contribution in [0.3, 0.4) is 0 Å². The maximum atomic E-state index is 13.1. The Morgan fingerprint density at radius 3 is 2.28 bits per heavy atom. The van der Waals surface area contributed by atoms with Gasteiger partial charge in [-0.3, -0.25) is 4.79 Å². The highest BCUT2D eigenvalue weighted by Gasteiger charge is 2.44. The minimum Gasteiger partial charge on any atom is -0.493 e. The lowest BCUT2D eigenvalue weighted by Crippen LogP contribution is -2.44. The first-order valence-corrected chi connectivity index (χ1v) is 12.4. The second kappa shape index (κ2) is 9.11. The smallest absolute Gasteiger partial charge is 0.243 e. The maximum absolute atomic E-state index is 13.1. The van der Waals surface area contributed by atoms with Crippen molar-refractivity contribution in [3.63, 3.8) is 0 Å². The molecule has 2 fully saturated rings. The number of ether oxygens (including phenoxy) is 2. The summed E-state index contributed by atoms with van der Waals surface area (Å²) in [6.07, 6.45) is 3.19. The second-order valence-electron chi connectivity index (χ2n) is 8.56. The fourth-order valence-corrected chi connectivity index (χ4v) is 5.88. The normalized spacial score (nSPS) is 18.7. The molecule has 0 spiro atoms. The van der Waals surface area contributed by atoms with Crippen molar-refractivity contribution in [1.82, 2.24) is 9.62 Å². The van der Waals surface area contributed by atoms with Gasteiger partial charge < -0.3 is 14.8 Å². The maximum Gasteiger partial charge on any atom is 0.243 e. The van der Waals surface area contributed by atoms with Crippen molar-refractivity contribution in [2.45, 2.75) is 36.0 Å². The number of nitrogens with zero attached hydrogens (tertiary/aromatic N) is 1. The number of hydrogen-bond acceptors (Lipinski definition) is 5. The van der Waals surface area contributed by atoms with Crippen LogP contribution in [-0.4, -0.2) is 52.5 Å². The molecular weight excluding hydrogens is 428 g/mol. The van der Waals surface area contributed by atoms with Gasteiger partial charge in [0, 0.05) is 37.0 Å². The van der Waals surface area contributed by atoms with E-state index in [1.807, 2.05) is 18.2 Å². The molecule has 1 saturated heterocycles. The Morgan fingerprint density at radius 2 is 1.69 bits per heavy atom. The van der Waals surface area contributed by atoms with Crippen LogP contribution in [0.4, 0.5) is 0 Å². The van der Waals surface area contributed by atoms with Gasteiger partial charge in [0.2, 0.25) is 15.9 Å². The monoisotopic (exact) mass is 458 g/mol. The molecular formula is C24H30N2O5S. The minimum absolute atomic E-state index is 0.0235. The quantitative estimate of drug-likeness (QED) is 0.658. The summed E-state index contributed by atoms with van der Waals surface area (Å²) in [6, 6.07) is 14.9. The molecule has 0 bridgehead atoms. The van der Waals surface area contributed by atoms with Gasteiger partial charge in [-0.15, -0.1) is 0 Å². The number of carbonyl (C=O) groups is 1. The van der Waals surface area contributed by atoms with E-state index in [9.17, 15) is 13.2 Å². The summed E-state index contributed by atoms with van der Waals surface area (Å²) < 4.78 is 38.0. The van der Waals surface area contributed by atoms with Crippen LogP contribution in [0.25, 0.3) is 0 Å². The third-order valence-electron chi connectivity index (χ3n) is 6.66. The van der Waals surface area contributed by atoms with Gasteiger partial charge in [0.05, 0.1) is 19.1 Å². The topological polar surface area (TPSA) is 84.9 Å². The van der Waals surface area contributed by atoms with E-state index < -0.39 is 10.0 Å². The van der Waals surface area contributed by atoms with Gasteiger partial charge in [-0.1, -0.05) is 30.3 Å². The predicted octanol–water partition coefficient (Wildman–Crippen LogP) is 2.95. The zero-order valence-corrected chi connectivity index (χ0v) is 19.4. The molecule has 2 aromatic rings. The summed E-state index contributed by atoms with van der Waals surface area (Å²) in [6.45, 7) is 1.27. The second-order valence-corrected chi connectivity index (χ2v) is 10.5. The molecule has 1 amide bonds. The number of piperidine rings is 1. The van der Waals surface area contributed by atoms with Gasteiger partial charge in [-0.05, 0) is 43.4 Å². The van der Waals surface area contributed by atoms with Gasteiger partial charge in [0.15, 0.2) is 11.5 Å². The lowest BCUT2D eigenvalue weighted by molar-refractivity contribution is -0.126. The van der Waals surface area contributed by atoms with Crippen molar-refractivity contribution in [2.75, 3.05) is 33.9 Å². The van der Waals surface area contributed by atoms with E-state index in [4.69, 9.17) is 9.47 Å². The number of carbonyl (C=O) groups excluding carboxylic acids is 1. The van der Waals surface area contributed by atoms with Crippen molar-refractivity contribution in [1.29, 1.82) is 0 Å². The molecule has 0 radical (unpaired) electrons. The van der Waals surface area contributed by atoms with Gasteiger partial charge in [-0.2, -0.15) is 4.31 Å². The van der Waals surface area contributed by atoms with Crippen LogP contribution in [0.2, 0.25) is 0 Å². The van der Waals surface area contributed by atoms with Crippen molar-refractivity contribution in [2.24, 2.45) is 5.92 Å². The highest BCUT2D eigenvalue weighted by Crippen LogP contribution is 2.47. The average Bonchev–Trinajstić information content (AvgIpc) is 3.64. The van der Waals surface area contributed by atoms with E-state index in [2.05, 4.69) is 17.4 Å². The van der Waals surface area contributed by atoms with Crippen molar-refractivity contribution in [3.05, 3.63) is 54.1 Å². The van der Waals surface area contributed by atoms with Crippen LogP contribution in [0.15, 0.2) is 53.4 Å². The largest absolute Gasteiger partial charge is 0.493 e. The Hall–Kier alpha value is -2.58. The van der Waals surface area contributed by atoms with Crippen LogP contribution < -0.4 is 14.8 Å². The molecule has 1 saturated carbocycles. The fraction of sp³-hybridized carbons (Fsp3) is 0.458. The molecule has 4 rings (SSSR count). The van der Waals surface area contributed by atoms with Gasteiger partial charge in [0.25, 0.3) is 0 Å².